The van der Waals surface area contributed by atoms with Crippen LogP contribution in [0.25, 0.3) is 0 Å². The van der Waals surface area contributed by atoms with Crippen molar-refractivity contribution in [2.75, 3.05) is 0 Å². The fraction of sp³-hybridized carbons (Fsp3) is 1.00. The van der Waals surface area contributed by atoms with Gasteiger partial charge in [-0.2, -0.15) is 0 Å². The fourth-order valence-corrected chi connectivity index (χ4v) is 2.82. The minimum Gasteiger partial charge on any atom is -0.390 e. The molecule has 0 saturated heterocycles. The van der Waals surface area contributed by atoms with Gasteiger partial charge in [-0.05, 0) is 58.8 Å². The Morgan fingerprint density at radius 1 is 1.07 bits per heavy atom. The molecule has 0 aromatic carbocycles. The Balaban J connectivity index is 2.50. The predicted octanol–water partition coefficient (Wildman–Crippen LogP) is 2.72. The van der Waals surface area contributed by atoms with E-state index in [0.717, 1.165) is 19.3 Å². The molecule has 0 aromatic heterocycles. The van der Waals surface area contributed by atoms with Gasteiger partial charge in [-0.25, -0.2) is 0 Å². The quantitative estimate of drug-likeness (QED) is 0.758. The van der Waals surface area contributed by atoms with Crippen molar-refractivity contribution >= 4 is 0 Å². The van der Waals surface area contributed by atoms with E-state index in [2.05, 4.69) is 0 Å². The van der Waals surface area contributed by atoms with E-state index in [0.29, 0.717) is 11.8 Å². The van der Waals surface area contributed by atoms with Gasteiger partial charge in [-0.1, -0.05) is 12.8 Å². The number of hydrogen-bond acceptors (Lipinski definition) is 2. The monoisotopic (exact) mass is 214 g/mol. The topological polar surface area (TPSA) is 40.5 Å². The first kappa shape index (κ1) is 13.0. The average Bonchev–Trinajstić information content (AvgIpc) is 1.99. The molecule has 0 amide bonds. The van der Waals surface area contributed by atoms with Crippen LogP contribution in [0.2, 0.25) is 0 Å². The maximum absolute atomic E-state index is 10.00. The van der Waals surface area contributed by atoms with E-state index in [4.69, 9.17) is 0 Å². The van der Waals surface area contributed by atoms with Crippen molar-refractivity contribution in [1.29, 1.82) is 0 Å². The van der Waals surface area contributed by atoms with Gasteiger partial charge in [0, 0.05) is 0 Å². The predicted molar refractivity (Wildman–Crippen MR) is 62.7 cm³/mol. The molecule has 2 nitrogen and oxygen atoms in total. The molecule has 0 spiro atoms. The molecule has 0 aliphatic heterocycles. The first-order valence-corrected chi connectivity index (χ1v) is 6.13. The molecule has 0 bridgehead atoms. The van der Waals surface area contributed by atoms with Crippen LogP contribution in [0.3, 0.4) is 0 Å². The molecule has 2 atom stereocenters. The molecule has 2 unspecified atom stereocenters. The zero-order chi connectivity index (χ0) is 11.7. The molecule has 15 heavy (non-hydrogen) atoms. The van der Waals surface area contributed by atoms with Gasteiger partial charge in [0.15, 0.2) is 0 Å². The van der Waals surface area contributed by atoms with E-state index in [1.807, 2.05) is 27.7 Å². The van der Waals surface area contributed by atoms with Crippen molar-refractivity contribution in [2.24, 2.45) is 11.8 Å². The van der Waals surface area contributed by atoms with Crippen molar-refractivity contribution in [3.63, 3.8) is 0 Å². The van der Waals surface area contributed by atoms with Gasteiger partial charge in [0.1, 0.15) is 0 Å². The molecule has 2 N–H and O–H groups in total. The van der Waals surface area contributed by atoms with Crippen LogP contribution in [0.4, 0.5) is 0 Å². The van der Waals surface area contributed by atoms with Crippen LogP contribution in [0.1, 0.15) is 59.8 Å². The highest BCUT2D eigenvalue weighted by atomic mass is 16.3. The molecule has 90 valence electrons. The Hall–Kier alpha value is -0.0800. The van der Waals surface area contributed by atoms with Crippen molar-refractivity contribution in [3.05, 3.63) is 0 Å². The van der Waals surface area contributed by atoms with Crippen LogP contribution >= 0.6 is 0 Å². The summed E-state index contributed by atoms with van der Waals surface area (Å²) in [6.07, 6.45) is 5.45. The van der Waals surface area contributed by atoms with Crippen LogP contribution < -0.4 is 0 Å². The lowest BCUT2D eigenvalue weighted by Gasteiger charge is -2.38. The standard InChI is InChI=1S/C13H26O2/c1-12(2,14)9-10-6-5-7-11(8-10)13(3,4)15/h10-11,14-15H,5-9H2,1-4H3. The Kier molecular flexibility index (Phi) is 3.83. The molecule has 1 rings (SSSR count). The van der Waals surface area contributed by atoms with E-state index >= 15 is 0 Å². The molecule has 1 aliphatic carbocycles. The largest absolute Gasteiger partial charge is 0.390 e. The Morgan fingerprint density at radius 2 is 1.67 bits per heavy atom. The number of aliphatic hydroxyl groups is 2. The maximum Gasteiger partial charge on any atom is 0.0619 e. The van der Waals surface area contributed by atoms with Crippen LogP contribution in [-0.4, -0.2) is 21.4 Å². The van der Waals surface area contributed by atoms with Gasteiger partial charge >= 0.3 is 0 Å². The third-order valence-electron chi connectivity index (χ3n) is 3.57. The number of rotatable bonds is 3. The summed E-state index contributed by atoms with van der Waals surface area (Å²) in [6, 6.07) is 0. The zero-order valence-corrected chi connectivity index (χ0v) is 10.6. The first-order chi connectivity index (χ1) is 6.68. The summed E-state index contributed by atoms with van der Waals surface area (Å²) in [5.41, 5.74) is -1.12. The highest BCUT2D eigenvalue weighted by Crippen LogP contribution is 2.38. The van der Waals surface area contributed by atoms with E-state index in [9.17, 15) is 10.2 Å². The lowest BCUT2D eigenvalue weighted by atomic mass is 9.71. The third-order valence-corrected chi connectivity index (χ3v) is 3.57. The molecular formula is C13H26O2. The Labute approximate surface area is 93.7 Å². The van der Waals surface area contributed by atoms with Gasteiger partial charge in [0.25, 0.3) is 0 Å². The minimum absolute atomic E-state index is 0.401. The SMILES string of the molecule is CC(C)(O)CC1CCCC(C(C)(C)O)C1. The lowest BCUT2D eigenvalue weighted by Crippen LogP contribution is -2.36. The Bertz CT molecular complexity index is 198. The Morgan fingerprint density at radius 3 is 2.13 bits per heavy atom. The maximum atomic E-state index is 10.00. The van der Waals surface area contributed by atoms with E-state index in [-0.39, 0.29) is 0 Å². The fourth-order valence-electron chi connectivity index (χ4n) is 2.82. The van der Waals surface area contributed by atoms with E-state index in [1.54, 1.807) is 0 Å². The second kappa shape index (κ2) is 4.42. The molecule has 1 saturated carbocycles. The van der Waals surface area contributed by atoms with Gasteiger partial charge < -0.3 is 10.2 Å². The van der Waals surface area contributed by atoms with Crippen LogP contribution in [0.5, 0.6) is 0 Å². The van der Waals surface area contributed by atoms with Gasteiger partial charge in [-0.15, -0.1) is 0 Å². The van der Waals surface area contributed by atoms with Crippen molar-refractivity contribution < 1.29 is 10.2 Å². The second-order valence-corrected chi connectivity index (χ2v) is 6.40. The van der Waals surface area contributed by atoms with Crippen molar-refractivity contribution in [1.82, 2.24) is 0 Å². The smallest absolute Gasteiger partial charge is 0.0619 e. The average molecular weight is 214 g/mol. The van der Waals surface area contributed by atoms with E-state index in [1.165, 1.54) is 12.8 Å². The molecule has 2 heteroatoms. The molecule has 0 radical (unpaired) electrons. The first-order valence-electron chi connectivity index (χ1n) is 6.13. The van der Waals surface area contributed by atoms with Crippen LogP contribution in [0.15, 0.2) is 0 Å². The normalized spacial score (nSPS) is 29.2. The molecule has 1 fully saturated rings. The molecule has 0 heterocycles. The summed E-state index contributed by atoms with van der Waals surface area (Å²) in [7, 11) is 0. The number of hydrogen-bond donors (Lipinski definition) is 2. The van der Waals surface area contributed by atoms with Crippen LogP contribution in [-0.2, 0) is 0 Å². The highest BCUT2D eigenvalue weighted by Gasteiger charge is 2.33. The second-order valence-electron chi connectivity index (χ2n) is 6.40. The van der Waals surface area contributed by atoms with Crippen molar-refractivity contribution in [3.8, 4) is 0 Å². The highest BCUT2D eigenvalue weighted by molar-refractivity contribution is 4.85. The zero-order valence-electron chi connectivity index (χ0n) is 10.6. The molecule has 1 aliphatic rings. The van der Waals surface area contributed by atoms with Crippen LogP contribution in [0, 0.1) is 11.8 Å². The minimum atomic E-state index is -0.563. The summed E-state index contributed by atoms with van der Waals surface area (Å²) < 4.78 is 0. The molecule has 0 aromatic rings. The summed E-state index contributed by atoms with van der Waals surface area (Å²) in [4.78, 5) is 0. The van der Waals surface area contributed by atoms with Gasteiger partial charge in [-0.3, -0.25) is 0 Å². The summed E-state index contributed by atoms with van der Waals surface area (Å²) >= 11 is 0. The third kappa shape index (κ3) is 4.52. The molecular weight excluding hydrogens is 188 g/mol. The lowest BCUT2D eigenvalue weighted by molar-refractivity contribution is -0.0235. The van der Waals surface area contributed by atoms with Crippen molar-refractivity contribution in [2.45, 2.75) is 71.0 Å². The summed E-state index contributed by atoms with van der Waals surface area (Å²) in [6.45, 7) is 7.57. The summed E-state index contributed by atoms with van der Waals surface area (Å²) in [5, 5.41) is 19.8. The summed E-state index contributed by atoms with van der Waals surface area (Å²) in [5.74, 6) is 0.980. The van der Waals surface area contributed by atoms with E-state index < -0.39 is 11.2 Å². The van der Waals surface area contributed by atoms with Gasteiger partial charge in [0.2, 0.25) is 0 Å². The van der Waals surface area contributed by atoms with Gasteiger partial charge in [0.05, 0.1) is 11.2 Å².